The molecule has 1 aliphatic rings. The van der Waals surface area contributed by atoms with Gasteiger partial charge in [0.25, 0.3) is 5.91 Å². The molecule has 0 heterocycles. The first kappa shape index (κ1) is 19.7. The highest BCUT2D eigenvalue weighted by atomic mass is 16.5. The fourth-order valence-electron chi connectivity index (χ4n) is 3.31. The van der Waals surface area contributed by atoms with Crippen molar-refractivity contribution < 1.29 is 24.2 Å². The van der Waals surface area contributed by atoms with Crippen LogP contribution in [-0.4, -0.2) is 30.2 Å². The smallest absolute Gasteiger partial charge is 0.303 e. The zero-order valence-electron chi connectivity index (χ0n) is 15.9. The van der Waals surface area contributed by atoms with Gasteiger partial charge >= 0.3 is 5.97 Å². The van der Waals surface area contributed by atoms with Gasteiger partial charge in [0.05, 0.1) is 13.2 Å². The molecule has 0 atom stereocenters. The van der Waals surface area contributed by atoms with E-state index < -0.39 is 5.97 Å². The van der Waals surface area contributed by atoms with E-state index in [-0.39, 0.29) is 18.4 Å². The highest BCUT2D eigenvalue weighted by molar-refractivity contribution is 6.04. The van der Waals surface area contributed by atoms with Crippen molar-refractivity contribution in [3.8, 4) is 11.5 Å². The summed E-state index contributed by atoms with van der Waals surface area (Å²) in [7, 11) is 1.59. The third kappa shape index (κ3) is 5.25. The Kier molecular flexibility index (Phi) is 6.53. The third-order valence-corrected chi connectivity index (χ3v) is 4.86. The molecule has 6 nitrogen and oxygen atoms in total. The Bertz CT molecular complexity index is 825. The molecule has 0 radical (unpaired) electrons. The minimum Gasteiger partial charge on any atom is -0.493 e. The van der Waals surface area contributed by atoms with Crippen LogP contribution in [0.3, 0.4) is 0 Å². The van der Waals surface area contributed by atoms with Crippen molar-refractivity contribution in [1.29, 1.82) is 0 Å². The Morgan fingerprint density at radius 3 is 2.43 bits per heavy atom. The molecule has 148 valence electrons. The number of rotatable bonds is 8. The van der Waals surface area contributed by atoms with Gasteiger partial charge in [-0.15, -0.1) is 0 Å². The molecular weight excluding hydrogens is 358 g/mol. The van der Waals surface area contributed by atoms with Gasteiger partial charge in [-0.25, -0.2) is 0 Å². The molecule has 0 bridgehead atoms. The lowest BCUT2D eigenvalue weighted by atomic mass is 10.1. The van der Waals surface area contributed by atoms with E-state index in [1.54, 1.807) is 37.4 Å². The topological polar surface area (TPSA) is 84.9 Å². The molecule has 0 aliphatic heterocycles. The zero-order valence-corrected chi connectivity index (χ0v) is 15.9. The number of carboxylic acids is 1. The van der Waals surface area contributed by atoms with Crippen LogP contribution >= 0.6 is 0 Å². The average Bonchev–Trinajstić information content (AvgIpc) is 3.20. The lowest BCUT2D eigenvalue weighted by Gasteiger charge is -2.17. The molecule has 2 aromatic rings. The van der Waals surface area contributed by atoms with Gasteiger partial charge in [-0.2, -0.15) is 0 Å². The minimum absolute atomic E-state index is 0.0846. The largest absolute Gasteiger partial charge is 0.493 e. The number of carboxylic acid groups (broad SMARTS) is 1. The van der Waals surface area contributed by atoms with Crippen LogP contribution in [0.4, 0.5) is 5.69 Å². The SMILES string of the molecule is COc1ccc(C(=O)Nc2ccc(CCC(=O)O)cc2)cc1OC1CCCC1. The fourth-order valence-corrected chi connectivity index (χ4v) is 3.31. The number of carbonyl (C=O) groups is 2. The molecular formula is C22H25NO5. The first-order chi connectivity index (χ1) is 13.5. The fraction of sp³-hybridized carbons (Fsp3) is 0.364. The predicted octanol–water partition coefficient (Wildman–Crippen LogP) is 4.29. The van der Waals surface area contributed by atoms with Crippen molar-refractivity contribution in [2.45, 2.75) is 44.6 Å². The van der Waals surface area contributed by atoms with E-state index in [4.69, 9.17) is 14.6 Å². The Morgan fingerprint density at radius 2 is 1.79 bits per heavy atom. The van der Waals surface area contributed by atoms with Crippen LogP contribution in [0.2, 0.25) is 0 Å². The molecule has 6 heteroatoms. The molecule has 1 amide bonds. The second kappa shape index (κ2) is 9.26. The van der Waals surface area contributed by atoms with Crippen molar-refractivity contribution >= 4 is 17.6 Å². The van der Waals surface area contributed by atoms with E-state index in [0.717, 1.165) is 31.2 Å². The van der Waals surface area contributed by atoms with Gasteiger partial charge in [0.2, 0.25) is 0 Å². The van der Waals surface area contributed by atoms with Gasteiger partial charge in [-0.1, -0.05) is 12.1 Å². The molecule has 1 saturated carbocycles. The van der Waals surface area contributed by atoms with Crippen molar-refractivity contribution in [3.63, 3.8) is 0 Å². The standard InChI is InChI=1S/C22H25NO5/c1-27-19-12-9-16(14-20(19)28-18-4-2-3-5-18)22(26)23-17-10-6-15(7-11-17)8-13-21(24)25/h6-7,9-12,14,18H,2-5,8,13H2,1H3,(H,23,26)(H,24,25). The van der Waals surface area contributed by atoms with Crippen LogP contribution < -0.4 is 14.8 Å². The molecule has 2 aromatic carbocycles. The normalized spacial score (nSPS) is 13.9. The summed E-state index contributed by atoms with van der Waals surface area (Å²) in [5, 5.41) is 11.6. The lowest BCUT2D eigenvalue weighted by Crippen LogP contribution is -2.14. The number of aliphatic carboxylic acids is 1. The minimum atomic E-state index is -0.826. The second-order valence-corrected chi connectivity index (χ2v) is 6.93. The molecule has 1 aliphatic carbocycles. The van der Waals surface area contributed by atoms with Gasteiger partial charge in [-0.05, 0) is 68.0 Å². The Labute approximate surface area is 164 Å². The van der Waals surface area contributed by atoms with Crippen molar-refractivity contribution in [3.05, 3.63) is 53.6 Å². The van der Waals surface area contributed by atoms with Crippen molar-refractivity contribution in [2.24, 2.45) is 0 Å². The average molecular weight is 383 g/mol. The van der Waals surface area contributed by atoms with Gasteiger partial charge in [0, 0.05) is 17.7 Å². The maximum absolute atomic E-state index is 12.6. The van der Waals surface area contributed by atoms with Gasteiger partial charge in [0.15, 0.2) is 11.5 Å². The van der Waals surface area contributed by atoms with Crippen LogP contribution in [0.5, 0.6) is 11.5 Å². The summed E-state index contributed by atoms with van der Waals surface area (Å²) in [4.78, 5) is 23.3. The highest BCUT2D eigenvalue weighted by Gasteiger charge is 2.19. The van der Waals surface area contributed by atoms with Crippen LogP contribution in [0.15, 0.2) is 42.5 Å². The monoisotopic (exact) mass is 383 g/mol. The first-order valence-corrected chi connectivity index (χ1v) is 9.52. The number of carbonyl (C=O) groups excluding carboxylic acids is 1. The number of aryl methyl sites for hydroxylation is 1. The Hall–Kier alpha value is -3.02. The molecule has 0 aromatic heterocycles. The summed E-state index contributed by atoms with van der Waals surface area (Å²) < 4.78 is 11.4. The maximum Gasteiger partial charge on any atom is 0.303 e. The number of hydrogen-bond donors (Lipinski definition) is 2. The quantitative estimate of drug-likeness (QED) is 0.710. The summed E-state index contributed by atoms with van der Waals surface area (Å²) in [6, 6.07) is 12.4. The molecule has 0 saturated heterocycles. The third-order valence-electron chi connectivity index (χ3n) is 4.86. The maximum atomic E-state index is 12.6. The van der Waals surface area contributed by atoms with Gasteiger partial charge in [0.1, 0.15) is 0 Å². The molecule has 3 rings (SSSR count). The Morgan fingerprint density at radius 1 is 1.07 bits per heavy atom. The van der Waals surface area contributed by atoms with E-state index in [9.17, 15) is 9.59 Å². The predicted molar refractivity (Wildman–Crippen MR) is 106 cm³/mol. The summed E-state index contributed by atoms with van der Waals surface area (Å²) in [6.07, 6.45) is 5.09. The molecule has 28 heavy (non-hydrogen) atoms. The van der Waals surface area contributed by atoms with Gasteiger partial charge < -0.3 is 19.9 Å². The van der Waals surface area contributed by atoms with Gasteiger partial charge in [-0.3, -0.25) is 9.59 Å². The van der Waals surface area contributed by atoms with Crippen molar-refractivity contribution in [1.82, 2.24) is 0 Å². The summed E-state index contributed by atoms with van der Waals surface area (Å²) in [5.74, 6) is 0.141. The summed E-state index contributed by atoms with van der Waals surface area (Å²) in [5.41, 5.74) is 2.05. The van der Waals surface area contributed by atoms with Crippen LogP contribution in [0.25, 0.3) is 0 Å². The van der Waals surface area contributed by atoms with Crippen LogP contribution in [0, 0.1) is 0 Å². The van der Waals surface area contributed by atoms with E-state index >= 15 is 0 Å². The number of nitrogens with one attached hydrogen (secondary N) is 1. The van der Waals surface area contributed by atoms with E-state index in [1.165, 1.54) is 0 Å². The van der Waals surface area contributed by atoms with E-state index in [2.05, 4.69) is 5.32 Å². The van der Waals surface area contributed by atoms with Crippen LogP contribution in [0.1, 0.15) is 48.0 Å². The molecule has 0 unspecified atom stereocenters. The molecule has 0 spiro atoms. The number of ether oxygens (including phenoxy) is 2. The van der Waals surface area contributed by atoms with Crippen molar-refractivity contribution in [2.75, 3.05) is 12.4 Å². The zero-order chi connectivity index (χ0) is 19.9. The van der Waals surface area contributed by atoms with Crippen LogP contribution in [-0.2, 0) is 11.2 Å². The molecule has 2 N–H and O–H groups in total. The summed E-state index contributed by atoms with van der Waals surface area (Å²) >= 11 is 0. The molecule has 1 fully saturated rings. The number of anilines is 1. The second-order valence-electron chi connectivity index (χ2n) is 6.93. The Balaban J connectivity index is 1.67. The van der Waals surface area contributed by atoms with E-state index in [1.807, 2.05) is 12.1 Å². The number of methoxy groups -OCH3 is 1. The number of amides is 1. The number of benzene rings is 2. The highest BCUT2D eigenvalue weighted by Crippen LogP contribution is 2.32. The van der Waals surface area contributed by atoms with E-state index in [0.29, 0.717) is 29.2 Å². The summed E-state index contributed by atoms with van der Waals surface area (Å²) in [6.45, 7) is 0. The number of hydrogen-bond acceptors (Lipinski definition) is 4. The lowest BCUT2D eigenvalue weighted by molar-refractivity contribution is -0.136. The first-order valence-electron chi connectivity index (χ1n) is 9.52.